The fourth-order valence-corrected chi connectivity index (χ4v) is 11.6. The van der Waals surface area contributed by atoms with Crippen LogP contribution in [0.4, 0.5) is 34.1 Å². The van der Waals surface area contributed by atoms with Crippen LogP contribution in [-0.2, 0) is 0 Å². The molecule has 0 N–H and O–H groups in total. The lowest BCUT2D eigenvalue weighted by Crippen LogP contribution is -2.09. The van der Waals surface area contributed by atoms with E-state index in [-0.39, 0.29) is 0 Å². The van der Waals surface area contributed by atoms with Crippen LogP contribution in [0, 0.1) is 0 Å². The van der Waals surface area contributed by atoms with E-state index in [1.807, 2.05) is 0 Å². The van der Waals surface area contributed by atoms with Crippen molar-refractivity contribution in [2.24, 2.45) is 0 Å². The Morgan fingerprint density at radius 1 is 0.156 bits per heavy atom. The SMILES string of the molecule is C(/C=C\c1ccc(/C=C/c2ccc(N(c3ccccc3)c3ccc(/C=C/c4ccc(/C=C/c5ccc(N(c6ccccc6)c6ccc(/C=C/c7ccc(/C=C\C=C(c8ccccc8)c8ccccc8)cc7)cc6)cc5)cc4)cc3)cc2)cc1)=C(c1ccccc1)c1ccccc1. The second-order valence-corrected chi connectivity index (χ2v) is 23.4. The summed E-state index contributed by atoms with van der Waals surface area (Å²) in [7, 11) is 0. The number of allylic oxidation sites excluding steroid dienone is 4. The minimum absolute atomic E-state index is 1.09. The maximum atomic E-state index is 2.30. The van der Waals surface area contributed by atoms with Gasteiger partial charge in [0.05, 0.1) is 0 Å². The molecule has 0 aliphatic rings. The monoisotopic (exact) mass is 1230 g/mol. The standard InChI is InChI=1S/C94H72N2/c1-7-23-83(24-8-1)93(84-25-9-2-10-26-84)35-19-21-73-37-41-75(42-38-73)49-53-79-57-65-89(66-58-79)95(87-31-15-5-16-32-87)91-69-61-81(62-70-91)55-51-77-45-47-78(48-46-77)52-56-82-63-71-92(72-64-82)96(88-33-17-6-18-34-88)90-67-59-80(60-68-90)54-50-76-43-39-74(40-44-76)22-20-36-94(85-27-11-3-12-28-85)86-29-13-4-14-30-86/h1-72H/b21-19-,22-20-,53-49+,54-50+,55-51+,56-52+. The summed E-state index contributed by atoms with van der Waals surface area (Å²) in [5.41, 5.74) is 25.1. The van der Waals surface area contributed by atoms with Crippen molar-refractivity contribution in [3.05, 3.63) is 454 Å². The highest BCUT2D eigenvalue weighted by molar-refractivity contribution is 5.85. The van der Waals surface area contributed by atoms with Gasteiger partial charge in [0.25, 0.3) is 0 Å². The molecule has 13 aromatic carbocycles. The molecule has 0 atom stereocenters. The molecule has 0 heterocycles. The van der Waals surface area contributed by atoms with Crippen LogP contribution >= 0.6 is 0 Å². The van der Waals surface area contributed by atoms with E-state index in [1.165, 1.54) is 33.4 Å². The molecule has 2 nitrogen and oxygen atoms in total. The Bertz CT molecular complexity index is 4440. The third-order valence-corrected chi connectivity index (χ3v) is 16.8. The first-order valence-corrected chi connectivity index (χ1v) is 32.7. The smallest absolute Gasteiger partial charge is 0.0462 e. The number of rotatable bonds is 22. The molecular weight excluding hydrogens is 1160 g/mol. The molecule has 458 valence electrons. The maximum Gasteiger partial charge on any atom is 0.0462 e. The van der Waals surface area contributed by atoms with Gasteiger partial charge in [-0.05, 0) is 162 Å². The van der Waals surface area contributed by atoms with E-state index in [0.29, 0.717) is 0 Å². The lowest BCUT2D eigenvalue weighted by atomic mass is 9.97. The second-order valence-electron chi connectivity index (χ2n) is 23.4. The number of nitrogens with zero attached hydrogens (tertiary/aromatic N) is 2. The molecular formula is C94H72N2. The van der Waals surface area contributed by atoms with Crippen molar-refractivity contribution in [1.82, 2.24) is 0 Å². The minimum Gasteiger partial charge on any atom is -0.311 e. The molecule has 0 bridgehead atoms. The van der Waals surface area contributed by atoms with E-state index < -0.39 is 0 Å². The Hall–Kier alpha value is -12.6. The van der Waals surface area contributed by atoms with Crippen LogP contribution in [-0.4, -0.2) is 0 Å². The number of anilines is 6. The van der Waals surface area contributed by atoms with Crippen molar-refractivity contribution < 1.29 is 0 Å². The van der Waals surface area contributed by atoms with Crippen LogP contribution in [0.15, 0.2) is 376 Å². The number of hydrogen-bond acceptors (Lipinski definition) is 2. The summed E-state index contributed by atoms with van der Waals surface area (Å²) in [5, 5.41) is 0. The fraction of sp³-hybridized carbons (Fsp3) is 0. The topological polar surface area (TPSA) is 6.48 Å². The first-order chi connectivity index (χ1) is 47.6. The Kier molecular flexibility index (Phi) is 20.5. The second kappa shape index (κ2) is 31.6. The van der Waals surface area contributed by atoms with Crippen molar-refractivity contribution in [3.63, 3.8) is 0 Å². The average molecular weight is 1230 g/mol. The molecule has 0 aliphatic heterocycles. The van der Waals surface area contributed by atoms with Crippen LogP contribution in [0.3, 0.4) is 0 Å². The Morgan fingerprint density at radius 3 is 0.510 bits per heavy atom. The molecule has 0 fully saturated rings. The third-order valence-electron chi connectivity index (χ3n) is 16.8. The van der Waals surface area contributed by atoms with Gasteiger partial charge in [0.1, 0.15) is 0 Å². The van der Waals surface area contributed by atoms with Crippen molar-refractivity contribution in [2.45, 2.75) is 0 Å². The Labute approximate surface area is 566 Å². The average Bonchev–Trinajstić information content (AvgIpc) is 0.904. The zero-order valence-electron chi connectivity index (χ0n) is 53.5. The molecule has 96 heavy (non-hydrogen) atoms. The Balaban J connectivity index is 0.610. The summed E-state index contributed by atoms with van der Waals surface area (Å²) in [6.45, 7) is 0. The highest BCUT2D eigenvalue weighted by Crippen LogP contribution is 2.37. The van der Waals surface area contributed by atoms with Crippen molar-refractivity contribution in [2.75, 3.05) is 9.80 Å². The van der Waals surface area contributed by atoms with Gasteiger partial charge in [-0.2, -0.15) is 0 Å². The fourth-order valence-electron chi connectivity index (χ4n) is 11.6. The molecule has 0 saturated carbocycles. The highest BCUT2D eigenvalue weighted by Gasteiger charge is 2.14. The number of para-hydroxylation sites is 2. The molecule has 13 rings (SSSR count). The van der Waals surface area contributed by atoms with Gasteiger partial charge in [-0.1, -0.05) is 364 Å². The van der Waals surface area contributed by atoms with Gasteiger partial charge in [-0.3, -0.25) is 0 Å². The summed E-state index contributed by atoms with van der Waals surface area (Å²) in [6.07, 6.45) is 30.4. The van der Waals surface area contributed by atoms with Crippen LogP contribution in [0.1, 0.15) is 77.9 Å². The molecule has 13 aromatic rings. The summed E-state index contributed by atoms with van der Waals surface area (Å²) < 4.78 is 0. The molecule has 0 spiro atoms. The molecule has 0 saturated heterocycles. The van der Waals surface area contributed by atoms with E-state index in [2.05, 4.69) is 447 Å². The molecule has 0 aromatic heterocycles. The van der Waals surface area contributed by atoms with E-state index in [1.54, 1.807) is 0 Å². The van der Waals surface area contributed by atoms with Gasteiger partial charge in [-0.25, -0.2) is 0 Å². The van der Waals surface area contributed by atoms with Gasteiger partial charge >= 0.3 is 0 Å². The van der Waals surface area contributed by atoms with Crippen LogP contribution in [0.25, 0.3) is 71.9 Å². The summed E-state index contributed by atoms with van der Waals surface area (Å²) in [5.74, 6) is 0. The predicted molar refractivity (Wildman–Crippen MR) is 415 cm³/mol. The number of benzene rings is 13. The summed E-state index contributed by atoms with van der Waals surface area (Å²) in [6, 6.07) is 125. The number of hydrogen-bond donors (Lipinski definition) is 0. The van der Waals surface area contributed by atoms with E-state index in [4.69, 9.17) is 0 Å². The van der Waals surface area contributed by atoms with Crippen molar-refractivity contribution in [1.29, 1.82) is 0 Å². The van der Waals surface area contributed by atoms with Gasteiger partial charge < -0.3 is 9.80 Å². The van der Waals surface area contributed by atoms with Gasteiger partial charge in [0.15, 0.2) is 0 Å². The molecule has 0 unspecified atom stereocenters. The van der Waals surface area contributed by atoms with Gasteiger partial charge in [0.2, 0.25) is 0 Å². The van der Waals surface area contributed by atoms with E-state index >= 15 is 0 Å². The van der Waals surface area contributed by atoms with Gasteiger partial charge in [0, 0.05) is 34.1 Å². The Morgan fingerprint density at radius 2 is 0.312 bits per heavy atom. The molecule has 2 heteroatoms. The zero-order chi connectivity index (χ0) is 64.8. The summed E-state index contributed by atoms with van der Waals surface area (Å²) in [4.78, 5) is 4.61. The molecule has 0 aliphatic carbocycles. The highest BCUT2D eigenvalue weighted by atomic mass is 15.1. The first kappa shape index (κ1) is 62.2. The largest absolute Gasteiger partial charge is 0.311 e. The predicted octanol–water partition coefficient (Wildman–Crippen LogP) is 25.6. The zero-order valence-corrected chi connectivity index (χ0v) is 53.5. The maximum absolute atomic E-state index is 2.30. The van der Waals surface area contributed by atoms with Crippen LogP contribution in [0.2, 0.25) is 0 Å². The first-order valence-electron chi connectivity index (χ1n) is 32.7. The molecule has 0 amide bonds. The summed E-state index contributed by atoms with van der Waals surface area (Å²) >= 11 is 0. The van der Waals surface area contributed by atoms with Crippen LogP contribution < -0.4 is 9.80 Å². The normalized spacial score (nSPS) is 11.5. The van der Waals surface area contributed by atoms with E-state index in [0.717, 1.165) is 89.8 Å². The van der Waals surface area contributed by atoms with Crippen LogP contribution in [0.5, 0.6) is 0 Å². The van der Waals surface area contributed by atoms with E-state index in [9.17, 15) is 0 Å². The van der Waals surface area contributed by atoms with Crippen molar-refractivity contribution in [3.8, 4) is 0 Å². The molecule has 0 radical (unpaired) electrons. The minimum atomic E-state index is 1.09. The van der Waals surface area contributed by atoms with Gasteiger partial charge in [-0.15, -0.1) is 0 Å². The quantitative estimate of drug-likeness (QED) is 0.0493. The van der Waals surface area contributed by atoms with Crippen molar-refractivity contribution >= 4 is 106 Å². The third kappa shape index (κ3) is 16.7. The lowest BCUT2D eigenvalue weighted by molar-refractivity contribution is 1.28. The lowest BCUT2D eigenvalue weighted by Gasteiger charge is -2.25.